The molecule has 60 valence electrons. The van der Waals surface area contributed by atoms with Crippen LogP contribution in [-0.4, -0.2) is 5.21 Å². The molecule has 0 aliphatic rings. The average molecular weight is 163 g/mol. The number of nitrogens with one attached hydrogen (secondary N) is 1. The summed E-state index contributed by atoms with van der Waals surface area (Å²) < 4.78 is 36.8. The van der Waals surface area contributed by atoms with E-state index >= 15 is 0 Å². The number of halogens is 3. The van der Waals surface area contributed by atoms with Crippen LogP contribution in [0, 0.1) is 17.5 Å². The summed E-state index contributed by atoms with van der Waals surface area (Å²) in [4.78, 5) is 0. The highest BCUT2D eigenvalue weighted by Gasteiger charge is 2.07. The van der Waals surface area contributed by atoms with Crippen LogP contribution in [0.5, 0.6) is 0 Å². The van der Waals surface area contributed by atoms with Crippen molar-refractivity contribution in [2.45, 2.75) is 0 Å². The van der Waals surface area contributed by atoms with Crippen molar-refractivity contribution in [1.82, 2.24) is 0 Å². The van der Waals surface area contributed by atoms with E-state index in [2.05, 4.69) is 0 Å². The molecule has 2 nitrogen and oxygen atoms in total. The molecule has 1 aromatic carbocycles. The van der Waals surface area contributed by atoms with Gasteiger partial charge >= 0.3 is 0 Å². The van der Waals surface area contributed by atoms with E-state index in [1.165, 1.54) is 5.48 Å². The van der Waals surface area contributed by atoms with Gasteiger partial charge in [-0.15, -0.1) is 0 Å². The second-order valence-corrected chi connectivity index (χ2v) is 1.86. The Labute approximate surface area is 60.2 Å². The highest BCUT2D eigenvalue weighted by Crippen LogP contribution is 2.17. The molecule has 0 bridgehead atoms. The smallest absolute Gasteiger partial charge is 0.161 e. The zero-order valence-corrected chi connectivity index (χ0v) is 5.24. The van der Waals surface area contributed by atoms with Crippen molar-refractivity contribution in [1.29, 1.82) is 0 Å². The van der Waals surface area contributed by atoms with Crippen molar-refractivity contribution in [2.75, 3.05) is 5.48 Å². The van der Waals surface area contributed by atoms with E-state index in [0.717, 1.165) is 0 Å². The molecule has 11 heavy (non-hydrogen) atoms. The van der Waals surface area contributed by atoms with Crippen molar-refractivity contribution < 1.29 is 18.4 Å². The van der Waals surface area contributed by atoms with E-state index in [4.69, 9.17) is 5.21 Å². The molecule has 0 spiro atoms. The van der Waals surface area contributed by atoms with E-state index < -0.39 is 23.1 Å². The molecule has 0 radical (unpaired) electrons. The van der Waals surface area contributed by atoms with Crippen LogP contribution in [0.2, 0.25) is 0 Å². The monoisotopic (exact) mass is 163 g/mol. The number of hydrogen-bond donors (Lipinski definition) is 2. The maximum Gasteiger partial charge on any atom is 0.161 e. The number of rotatable bonds is 1. The lowest BCUT2D eigenvalue weighted by atomic mass is 10.3. The summed E-state index contributed by atoms with van der Waals surface area (Å²) in [6.45, 7) is 0. The van der Waals surface area contributed by atoms with Crippen LogP contribution >= 0.6 is 0 Å². The topological polar surface area (TPSA) is 32.3 Å². The summed E-state index contributed by atoms with van der Waals surface area (Å²) in [6, 6.07) is 0.860. The molecule has 0 fully saturated rings. The Bertz CT molecular complexity index is 277. The minimum absolute atomic E-state index is 0.341. The second-order valence-electron chi connectivity index (χ2n) is 1.86. The van der Waals surface area contributed by atoms with E-state index in [9.17, 15) is 13.2 Å². The summed E-state index contributed by atoms with van der Waals surface area (Å²) >= 11 is 0. The van der Waals surface area contributed by atoms with Crippen molar-refractivity contribution in [3.8, 4) is 0 Å². The van der Waals surface area contributed by atoms with Gasteiger partial charge in [0, 0.05) is 12.1 Å². The van der Waals surface area contributed by atoms with E-state index in [1.54, 1.807) is 0 Å². The first kappa shape index (κ1) is 7.87. The normalized spacial score (nSPS) is 9.82. The largest absolute Gasteiger partial charge is 0.291 e. The first-order valence-corrected chi connectivity index (χ1v) is 2.70. The third kappa shape index (κ3) is 1.43. The number of hydrogen-bond acceptors (Lipinski definition) is 2. The molecule has 0 saturated heterocycles. The zero-order chi connectivity index (χ0) is 8.43. The lowest BCUT2D eigenvalue weighted by Gasteiger charge is -2.00. The molecule has 1 rings (SSSR count). The minimum Gasteiger partial charge on any atom is -0.291 e. The van der Waals surface area contributed by atoms with Crippen LogP contribution in [0.4, 0.5) is 18.9 Å². The average Bonchev–Trinajstić information content (AvgIpc) is 1.97. The van der Waals surface area contributed by atoms with Gasteiger partial charge < -0.3 is 0 Å². The van der Waals surface area contributed by atoms with Gasteiger partial charge in [0.25, 0.3) is 0 Å². The Morgan fingerprint density at radius 3 is 2.09 bits per heavy atom. The lowest BCUT2D eigenvalue weighted by Crippen LogP contribution is -1.96. The summed E-state index contributed by atoms with van der Waals surface area (Å²) in [7, 11) is 0. The number of benzene rings is 1. The summed E-state index contributed by atoms with van der Waals surface area (Å²) in [5, 5.41) is 8.15. The highest BCUT2D eigenvalue weighted by molar-refractivity contribution is 5.42. The van der Waals surface area contributed by atoms with Crippen LogP contribution in [0.1, 0.15) is 0 Å². The third-order valence-corrected chi connectivity index (χ3v) is 1.13. The van der Waals surface area contributed by atoms with Gasteiger partial charge in [0.1, 0.15) is 0 Å². The fourth-order valence-corrected chi connectivity index (χ4v) is 0.608. The molecule has 0 saturated carbocycles. The molecule has 0 aromatic heterocycles. The molecular formula is C6H4F3NO. The molecule has 0 amide bonds. The predicted octanol–water partition coefficient (Wildman–Crippen LogP) is 1.90. The van der Waals surface area contributed by atoms with Crippen molar-refractivity contribution in [3.63, 3.8) is 0 Å². The molecule has 0 heterocycles. The number of anilines is 1. The van der Waals surface area contributed by atoms with Crippen LogP contribution < -0.4 is 5.48 Å². The fourth-order valence-electron chi connectivity index (χ4n) is 0.608. The SMILES string of the molecule is ONc1cc(F)c(F)cc1F. The third-order valence-electron chi connectivity index (χ3n) is 1.13. The van der Waals surface area contributed by atoms with E-state index in [0.29, 0.717) is 12.1 Å². The quantitative estimate of drug-likeness (QED) is 0.489. The van der Waals surface area contributed by atoms with Gasteiger partial charge in [-0.25, -0.2) is 13.2 Å². The molecule has 5 heteroatoms. The highest BCUT2D eigenvalue weighted by atomic mass is 19.2. The Kier molecular flexibility index (Phi) is 2.00. The standard InChI is InChI=1S/C6H4F3NO/c7-3-1-5(9)6(10-11)2-4(3)8/h1-2,10-11H. The van der Waals surface area contributed by atoms with Gasteiger partial charge in [-0.2, -0.15) is 0 Å². The molecular weight excluding hydrogens is 159 g/mol. The van der Waals surface area contributed by atoms with Gasteiger partial charge in [-0.05, 0) is 0 Å². The van der Waals surface area contributed by atoms with Gasteiger partial charge in [0.15, 0.2) is 17.5 Å². The maximum atomic E-state index is 12.4. The second kappa shape index (κ2) is 2.79. The maximum absolute atomic E-state index is 12.4. The summed E-state index contributed by atoms with van der Waals surface area (Å²) in [6.07, 6.45) is 0. The van der Waals surface area contributed by atoms with Crippen molar-refractivity contribution >= 4 is 5.69 Å². The van der Waals surface area contributed by atoms with Gasteiger partial charge in [-0.1, -0.05) is 0 Å². The lowest BCUT2D eigenvalue weighted by molar-refractivity contribution is 0.382. The first-order valence-electron chi connectivity index (χ1n) is 2.70. The molecule has 0 atom stereocenters. The van der Waals surface area contributed by atoms with Gasteiger partial charge in [0.2, 0.25) is 0 Å². The van der Waals surface area contributed by atoms with Gasteiger partial charge in [0.05, 0.1) is 5.69 Å². The molecule has 2 N–H and O–H groups in total. The summed E-state index contributed by atoms with van der Waals surface area (Å²) in [5.74, 6) is -3.56. The predicted molar refractivity (Wildman–Crippen MR) is 31.7 cm³/mol. The Morgan fingerprint density at radius 1 is 1.00 bits per heavy atom. The Morgan fingerprint density at radius 2 is 1.55 bits per heavy atom. The molecule has 0 aliphatic heterocycles. The van der Waals surface area contributed by atoms with Crippen molar-refractivity contribution in [2.24, 2.45) is 0 Å². The van der Waals surface area contributed by atoms with Crippen LogP contribution in [0.15, 0.2) is 12.1 Å². The minimum atomic E-state index is -1.29. The first-order chi connectivity index (χ1) is 5.15. The summed E-state index contributed by atoms with van der Waals surface area (Å²) in [5.41, 5.74) is 0.885. The van der Waals surface area contributed by atoms with Crippen LogP contribution in [0.3, 0.4) is 0 Å². The van der Waals surface area contributed by atoms with Gasteiger partial charge in [-0.3, -0.25) is 10.7 Å². The van der Waals surface area contributed by atoms with E-state index in [1.807, 2.05) is 0 Å². The Hall–Kier alpha value is -1.23. The Balaban J connectivity index is 3.21. The molecule has 0 unspecified atom stereocenters. The van der Waals surface area contributed by atoms with Crippen molar-refractivity contribution in [3.05, 3.63) is 29.6 Å². The zero-order valence-electron chi connectivity index (χ0n) is 5.24. The van der Waals surface area contributed by atoms with Crippen LogP contribution in [0.25, 0.3) is 0 Å². The van der Waals surface area contributed by atoms with Crippen LogP contribution in [-0.2, 0) is 0 Å². The molecule has 1 aromatic rings. The van der Waals surface area contributed by atoms with E-state index in [-0.39, 0.29) is 0 Å². The fraction of sp³-hybridized carbons (Fsp3) is 0. The molecule has 0 aliphatic carbocycles.